The first kappa shape index (κ1) is 11.0. The van der Waals surface area contributed by atoms with Crippen LogP contribution < -0.4 is 0 Å². The first-order chi connectivity index (χ1) is 7.66. The second-order valence-electron chi connectivity index (χ2n) is 3.60. The molecule has 0 saturated carbocycles. The van der Waals surface area contributed by atoms with Gasteiger partial charge in [-0.2, -0.15) is 0 Å². The summed E-state index contributed by atoms with van der Waals surface area (Å²) in [4.78, 5) is 0. The van der Waals surface area contributed by atoms with E-state index >= 15 is 0 Å². The lowest BCUT2D eigenvalue weighted by Gasteiger charge is -1.94. The lowest BCUT2D eigenvalue weighted by molar-refractivity contribution is 1.49. The molecule has 3 aromatic rings. The zero-order valence-electron chi connectivity index (χ0n) is 8.05. The van der Waals surface area contributed by atoms with Gasteiger partial charge in [0.1, 0.15) is 0 Å². The van der Waals surface area contributed by atoms with Crippen molar-refractivity contribution in [1.29, 1.82) is 0 Å². The maximum atomic E-state index is 3.52. The number of hydrogen-bond acceptors (Lipinski definition) is 0. The van der Waals surface area contributed by atoms with Crippen LogP contribution in [0.4, 0.5) is 0 Å². The Balaban J connectivity index is 2.60. The molecule has 0 saturated heterocycles. The first-order valence-corrected chi connectivity index (χ1v) is 7.27. The van der Waals surface area contributed by atoms with E-state index in [0.29, 0.717) is 0 Å². The van der Waals surface area contributed by atoms with Gasteiger partial charge >= 0.3 is 0 Å². The summed E-state index contributed by atoms with van der Waals surface area (Å²) in [7, 11) is 0. The molecule has 0 radical (unpaired) electrons. The molecule has 0 fully saturated rings. The fraction of sp³-hybridized carbons (Fsp3) is 0. The molecule has 0 amide bonds. The van der Waals surface area contributed by atoms with E-state index in [9.17, 15) is 0 Å². The first-order valence-electron chi connectivity index (χ1n) is 4.72. The number of halogens is 3. The molecule has 0 spiro atoms. The van der Waals surface area contributed by atoms with Crippen molar-refractivity contribution in [2.75, 3.05) is 0 Å². The third kappa shape index (κ3) is 1.62. The van der Waals surface area contributed by atoms with Gasteiger partial charge < -0.3 is 0 Å². The van der Waals surface area contributed by atoms with E-state index in [1.807, 2.05) is 0 Å². The SMILES string of the molecule is Brc1ccc2c(c1)c1cc(Br)ccc1n2I. The Bertz CT molecular complexity index is 644. The van der Waals surface area contributed by atoms with Crippen LogP contribution in [-0.2, 0) is 0 Å². The molecule has 0 N–H and O–H groups in total. The molecule has 0 bridgehead atoms. The van der Waals surface area contributed by atoms with Gasteiger partial charge in [-0.05, 0) is 36.4 Å². The minimum atomic E-state index is 1.11. The topological polar surface area (TPSA) is 4.93 Å². The van der Waals surface area contributed by atoms with Gasteiger partial charge in [0, 0.05) is 19.7 Å². The average molecular weight is 451 g/mol. The summed E-state index contributed by atoms with van der Waals surface area (Å²) in [6.45, 7) is 0. The van der Waals surface area contributed by atoms with E-state index in [1.165, 1.54) is 21.8 Å². The Kier molecular flexibility index (Phi) is 2.76. The van der Waals surface area contributed by atoms with Crippen molar-refractivity contribution in [3.8, 4) is 0 Å². The van der Waals surface area contributed by atoms with Gasteiger partial charge in [0.05, 0.1) is 33.9 Å². The van der Waals surface area contributed by atoms with E-state index in [4.69, 9.17) is 0 Å². The fourth-order valence-corrected chi connectivity index (χ4v) is 3.48. The van der Waals surface area contributed by atoms with Crippen LogP contribution in [0.15, 0.2) is 45.3 Å². The van der Waals surface area contributed by atoms with Crippen LogP contribution in [0.5, 0.6) is 0 Å². The van der Waals surface area contributed by atoms with E-state index in [0.717, 1.165) is 8.95 Å². The normalized spacial score (nSPS) is 11.4. The van der Waals surface area contributed by atoms with Crippen molar-refractivity contribution in [2.24, 2.45) is 0 Å². The van der Waals surface area contributed by atoms with Crippen molar-refractivity contribution in [2.45, 2.75) is 0 Å². The zero-order chi connectivity index (χ0) is 11.3. The summed E-state index contributed by atoms with van der Waals surface area (Å²) in [5, 5.41) is 2.56. The number of fused-ring (bicyclic) bond motifs is 3. The van der Waals surface area contributed by atoms with Gasteiger partial charge in [-0.3, -0.25) is 2.78 Å². The van der Waals surface area contributed by atoms with Crippen LogP contribution in [-0.4, -0.2) is 2.78 Å². The molecule has 1 aromatic heterocycles. The van der Waals surface area contributed by atoms with Crippen LogP contribution in [0, 0.1) is 0 Å². The van der Waals surface area contributed by atoms with Gasteiger partial charge in [-0.15, -0.1) is 0 Å². The Morgan fingerprint density at radius 1 is 0.812 bits per heavy atom. The Morgan fingerprint density at radius 3 is 1.69 bits per heavy atom. The summed E-state index contributed by atoms with van der Waals surface area (Å²) >= 11 is 9.39. The van der Waals surface area contributed by atoms with Crippen LogP contribution >= 0.6 is 54.7 Å². The van der Waals surface area contributed by atoms with Gasteiger partial charge in [0.2, 0.25) is 0 Å². The molecule has 0 aliphatic rings. The standard InChI is InChI=1S/C12H6Br2IN/c13-7-1-3-11-9(5-7)10-6-8(14)2-4-12(10)16(11)15/h1-6H. The molecule has 1 heterocycles. The van der Waals surface area contributed by atoms with Crippen LogP contribution in [0.3, 0.4) is 0 Å². The van der Waals surface area contributed by atoms with Gasteiger partial charge in [0.25, 0.3) is 0 Å². The lowest BCUT2D eigenvalue weighted by Crippen LogP contribution is -1.76. The molecule has 16 heavy (non-hydrogen) atoms. The molecule has 0 unspecified atom stereocenters. The number of rotatable bonds is 0. The fourth-order valence-electron chi connectivity index (χ4n) is 1.92. The number of benzene rings is 2. The summed E-state index contributed by atoms with van der Waals surface area (Å²) in [5.74, 6) is 0. The Labute approximate surface area is 124 Å². The summed E-state index contributed by atoms with van der Waals surface area (Å²) < 4.78 is 4.43. The summed E-state index contributed by atoms with van der Waals surface area (Å²) in [6, 6.07) is 12.8. The molecule has 4 heteroatoms. The molecular formula is C12H6Br2IN. The predicted octanol–water partition coefficient (Wildman–Crippen LogP) is 5.52. The molecule has 0 aliphatic heterocycles. The maximum absolute atomic E-state index is 3.52. The van der Waals surface area contributed by atoms with Crippen molar-refractivity contribution in [1.82, 2.24) is 2.78 Å². The van der Waals surface area contributed by atoms with Gasteiger partial charge in [-0.1, -0.05) is 31.9 Å². The summed E-state index contributed by atoms with van der Waals surface area (Å²) in [6.07, 6.45) is 0. The molecule has 80 valence electrons. The van der Waals surface area contributed by atoms with E-state index in [-0.39, 0.29) is 0 Å². The highest BCUT2D eigenvalue weighted by atomic mass is 127. The Morgan fingerprint density at radius 2 is 1.25 bits per heavy atom. The largest absolute Gasteiger partial charge is 0.282 e. The van der Waals surface area contributed by atoms with Crippen molar-refractivity contribution in [3.05, 3.63) is 45.3 Å². The number of aromatic nitrogens is 1. The minimum absolute atomic E-state index is 1.11. The molecular weight excluding hydrogens is 445 g/mol. The second kappa shape index (κ2) is 3.99. The quantitative estimate of drug-likeness (QED) is 0.398. The van der Waals surface area contributed by atoms with Crippen LogP contribution in [0.2, 0.25) is 0 Å². The monoisotopic (exact) mass is 449 g/mol. The van der Waals surface area contributed by atoms with Crippen molar-refractivity contribution in [3.63, 3.8) is 0 Å². The van der Waals surface area contributed by atoms with E-state index in [1.54, 1.807) is 0 Å². The predicted molar refractivity (Wildman–Crippen MR) is 84.3 cm³/mol. The third-order valence-electron chi connectivity index (χ3n) is 2.63. The summed E-state index contributed by atoms with van der Waals surface area (Å²) in [5.41, 5.74) is 2.49. The lowest BCUT2D eigenvalue weighted by atomic mass is 10.2. The van der Waals surface area contributed by atoms with E-state index in [2.05, 4.69) is 93.9 Å². The van der Waals surface area contributed by atoms with Crippen molar-refractivity contribution < 1.29 is 0 Å². The zero-order valence-corrected chi connectivity index (χ0v) is 13.4. The Hall–Kier alpha value is -0.0700. The average Bonchev–Trinajstić information content (AvgIpc) is 2.52. The molecule has 1 nitrogen and oxygen atoms in total. The van der Waals surface area contributed by atoms with Gasteiger partial charge in [0.15, 0.2) is 0 Å². The highest BCUT2D eigenvalue weighted by Crippen LogP contribution is 2.34. The van der Waals surface area contributed by atoms with Gasteiger partial charge in [-0.25, -0.2) is 0 Å². The molecule has 0 aliphatic carbocycles. The molecule has 2 aromatic carbocycles. The molecule has 3 rings (SSSR count). The van der Waals surface area contributed by atoms with Crippen LogP contribution in [0.1, 0.15) is 0 Å². The second-order valence-corrected chi connectivity index (χ2v) is 6.40. The highest BCUT2D eigenvalue weighted by Gasteiger charge is 2.09. The smallest absolute Gasteiger partial charge is 0.0646 e. The number of nitrogens with zero attached hydrogens (tertiary/aromatic N) is 1. The maximum Gasteiger partial charge on any atom is 0.0646 e. The highest BCUT2D eigenvalue weighted by molar-refractivity contribution is 14.1. The third-order valence-corrected chi connectivity index (χ3v) is 4.66. The molecule has 0 atom stereocenters. The minimum Gasteiger partial charge on any atom is -0.282 e. The van der Waals surface area contributed by atoms with E-state index < -0.39 is 0 Å². The van der Waals surface area contributed by atoms with Crippen LogP contribution in [0.25, 0.3) is 21.8 Å². The van der Waals surface area contributed by atoms with Crippen molar-refractivity contribution >= 4 is 76.5 Å². The number of hydrogen-bond donors (Lipinski definition) is 0.